The first kappa shape index (κ1) is 27.2. The Bertz CT molecular complexity index is 1330. The number of halogens is 1. The van der Waals surface area contributed by atoms with Crippen LogP contribution in [0.4, 0.5) is 11.5 Å². The van der Waals surface area contributed by atoms with E-state index >= 15 is 0 Å². The zero-order chi connectivity index (χ0) is 25.1. The number of aromatic nitrogens is 4. The van der Waals surface area contributed by atoms with E-state index in [0.29, 0.717) is 0 Å². The number of rotatable bonds is 8. The maximum atomic E-state index is 4.81. The molecule has 3 heterocycles. The number of benzene rings is 2. The van der Waals surface area contributed by atoms with E-state index in [9.17, 15) is 0 Å². The van der Waals surface area contributed by atoms with Crippen LogP contribution in [0.5, 0.6) is 0 Å². The molecule has 1 saturated heterocycles. The van der Waals surface area contributed by atoms with E-state index in [-0.39, 0.29) is 12.4 Å². The highest BCUT2D eigenvalue weighted by atomic mass is 35.5. The molecule has 196 valence electrons. The second-order valence-corrected chi connectivity index (χ2v) is 10.3. The monoisotopic (exact) mass is 537 g/mol. The van der Waals surface area contributed by atoms with E-state index in [1.54, 1.807) is 18.1 Å². The molecule has 2 aromatic carbocycles. The van der Waals surface area contributed by atoms with Gasteiger partial charge in [0.15, 0.2) is 17.0 Å². The van der Waals surface area contributed by atoms with Crippen LogP contribution in [-0.4, -0.2) is 69.9 Å². The molecule has 1 aliphatic heterocycles. The van der Waals surface area contributed by atoms with Crippen LogP contribution < -0.4 is 10.2 Å². The summed E-state index contributed by atoms with van der Waals surface area (Å²) in [6.45, 7) is 12.8. The molecule has 0 bridgehead atoms. The van der Waals surface area contributed by atoms with E-state index in [1.165, 1.54) is 21.7 Å². The van der Waals surface area contributed by atoms with Gasteiger partial charge in [-0.3, -0.25) is 9.47 Å². The second-order valence-electron chi connectivity index (χ2n) is 9.41. The Morgan fingerprint density at radius 2 is 1.70 bits per heavy atom. The highest BCUT2D eigenvalue weighted by Crippen LogP contribution is 2.26. The first-order valence-electron chi connectivity index (χ1n) is 12.7. The van der Waals surface area contributed by atoms with Gasteiger partial charge in [-0.1, -0.05) is 12.1 Å². The molecular weight excluding hydrogens is 502 g/mol. The predicted molar refractivity (Wildman–Crippen MR) is 158 cm³/mol. The molecule has 0 amide bonds. The Labute approximate surface area is 230 Å². The average molecular weight is 538 g/mol. The number of imidazole rings is 1. The molecule has 0 saturated carbocycles. The van der Waals surface area contributed by atoms with Crippen molar-refractivity contribution in [2.75, 3.05) is 55.7 Å². The minimum absolute atomic E-state index is 0. The molecule has 37 heavy (non-hydrogen) atoms. The third kappa shape index (κ3) is 5.87. The quantitative estimate of drug-likeness (QED) is 0.235. The largest absolute Gasteiger partial charge is 0.369 e. The van der Waals surface area contributed by atoms with Gasteiger partial charge in [-0.25, -0.2) is 15.0 Å². The fourth-order valence-electron chi connectivity index (χ4n) is 4.97. The van der Waals surface area contributed by atoms with Crippen molar-refractivity contribution in [1.82, 2.24) is 24.4 Å². The van der Waals surface area contributed by atoms with E-state index in [2.05, 4.69) is 92.2 Å². The molecule has 1 fully saturated rings. The summed E-state index contributed by atoms with van der Waals surface area (Å²) in [4.78, 5) is 20.2. The standard InChI is InChI=1S/C28H35N7S.ClH/c1-20-7-5-8-25(21(20)2)34-17-15-33(16-18-34)14-6-13-29-27-26-28(31-19-30-27)35(22(3)32-26)23-9-11-24(36-4)12-10-23;/h5,7-12,19H,6,13-18H2,1-4H3,(H,29,30,31);1H. The maximum absolute atomic E-state index is 4.81. The zero-order valence-corrected chi connectivity index (χ0v) is 23.7. The zero-order valence-electron chi connectivity index (χ0n) is 22.1. The molecule has 4 aromatic rings. The van der Waals surface area contributed by atoms with Crippen LogP contribution in [-0.2, 0) is 0 Å². The average Bonchev–Trinajstić information content (AvgIpc) is 3.25. The Hall–Kier alpha value is -2.81. The number of aryl methyl sites for hydroxylation is 2. The van der Waals surface area contributed by atoms with Crippen molar-refractivity contribution in [2.45, 2.75) is 32.1 Å². The highest BCUT2D eigenvalue weighted by molar-refractivity contribution is 7.98. The third-order valence-corrected chi connectivity index (χ3v) is 7.92. The van der Waals surface area contributed by atoms with Gasteiger partial charge in [-0.15, -0.1) is 24.2 Å². The second kappa shape index (κ2) is 12.2. The maximum Gasteiger partial charge on any atom is 0.170 e. The summed E-state index contributed by atoms with van der Waals surface area (Å²) in [5, 5.41) is 3.52. The van der Waals surface area contributed by atoms with Gasteiger partial charge in [0.25, 0.3) is 0 Å². The molecule has 9 heteroatoms. The number of anilines is 2. The van der Waals surface area contributed by atoms with Crippen LogP contribution in [0.25, 0.3) is 16.9 Å². The minimum atomic E-state index is 0. The Morgan fingerprint density at radius 3 is 2.43 bits per heavy atom. The van der Waals surface area contributed by atoms with Crippen molar-refractivity contribution in [3.05, 3.63) is 65.7 Å². The normalized spacial score (nSPS) is 14.1. The van der Waals surface area contributed by atoms with Crippen LogP contribution in [0.1, 0.15) is 23.4 Å². The minimum Gasteiger partial charge on any atom is -0.369 e. The number of nitrogens with one attached hydrogen (secondary N) is 1. The van der Waals surface area contributed by atoms with Gasteiger partial charge in [0.1, 0.15) is 12.2 Å². The summed E-state index contributed by atoms with van der Waals surface area (Å²) in [5.41, 5.74) is 6.89. The lowest BCUT2D eigenvalue weighted by atomic mass is 10.1. The van der Waals surface area contributed by atoms with Gasteiger partial charge < -0.3 is 10.2 Å². The van der Waals surface area contributed by atoms with Gasteiger partial charge in [0.05, 0.1) is 0 Å². The van der Waals surface area contributed by atoms with Gasteiger partial charge in [-0.05, 0) is 81.5 Å². The Morgan fingerprint density at radius 1 is 0.946 bits per heavy atom. The van der Waals surface area contributed by atoms with Gasteiger partial charge in [0.2, 0.25) is 0 Å². The molecule has 2 aromatic heterocycles. The number of hydrogen-bond donors (Lipinski definition) is 1. The number of thioether (sulfide) groups is 1. The number of piperazine rings is 1. The Balaban J connectivity index is 0.00000320. The summed E-state index contributed by atoms with van der Waals surface area (Å²) < 4.78 is 2.10. The fraction of sp³-hybridized carbons (Fsp3) is 0.393. The molecule has 0 radical (unpaired) electrons. The lowest BCUT2D eigenvalue weighted by Gasteiger charge is -2.37. The summed E-state index contributed by atoms with van der Waals surface area (Å²) in [6, 6.07) is 15.1. The van der Waals surface area contributed by atoms with Crippen LogP contribution in [0, 0.1) is 20.8 Å². The van der Waals surface area contributed by atoms with E-state index in [0.717, 1.165) is 74.2 Å². The van der Waals surface area contributed by atoms with Crippen LogP contribution in [0.2, 0.25) is 0 Å². The predicted octanol–water partition coefficient (Wildman–Crippen LogP) is 5.51. The van der Waals surface area contributed by atoms with E-state index < -0.39 is 0 Å². The summed E-state index contributed by atoms with van der Waals surface area (Å²) in [7, 11) is 0. The van der Waals surface area contributed by atoms with Crippen molar-refractivity contribution in [3.63, 3.8) is 0 Å². The number of nitrogens with zero attached hydrogens (tertiary/aromatic N) is 6. The summed E-state index contributed by atoms with van der Waals surface area (Å²) >= 11 is 1.74. The first-order chi connectivity index (χ1) is 17.5. The summed E-state index contributed by atoms with van der Waals surface area (Å²) in [5.74, 6) is 1.72. The van der Waals surface area contributed by atoms with Crippen LogP contribution >= 0.6 is 24.2 Å². The van der Waals surface area contributed by atoms with Crippen molar-refractivity contribution < 1.29 is 0 Å². The molecule has 5 rings (SSSR count). The molecule has 0 spiro atoms. The lowest BCUT2D eigenvalue weighted by Crippen LogP contribution is -2.47. The SMILES string of the molecule is CSc1ccc(-n2c(C)nc3c(NCCCN4CCN(c5cccc(C)c5C)CC4)ncnc32)cc1.Cl. The lowest BCUT2D eigenvalue weighted by molar-refractivity contribution is 0.257. The fourth-order valence-corrected chi connectivity index (χ4v) is 5.38. The molecule has 0 unspecified atom stereocenters. The smallest absolute Gasteiger partial charge is 0.170 e. The Kier molecular flexibility index (Phi) is 8.95. The number of fused-ring (bicyclic) bond motifs is 1. The van der Waals surface area contributed by atoms with Crippen molar-refractivity contribution in [1.29, 1.82) is 0 Å². The van der Waals surface area contributed by atoms with Crippen molar-refractivity contribution >= 4 is 46.8 Å². The highest BCUT2D eigenvalue weighted by Gasteiger charge is 2.19. The molecular formula is C28H36ClN7S. The van der Waals surface area contributed by atoms with Gasteiger partial charge in [-0.2, -0.15) is 0 Å². The number of hydrogen-bond acceptors (Lipinski definition) is 7. The molecule has 0 atom stereocenters. The van der Waals surface area contributed by atoms with Gasteiger partial charge in [0, 0.05) is 49.0 Å². The molecule has 1 aliphatic rings. The molecule has 7 nitrogen and oxygen atoms in total. The molecule has 0 aliphatic carbocycles. The van der Waals surface area contributed by atoms with Crippen molar-refractivity contribution in [3.8, 4) is 5.69 Å². The van der Waals surface area contributed by atoms with E-state index in [4.69, 9.17) is 4.98 Å². The first-order valence-corrected chi connectivity index (χ1v) is 13.9. The third-order valence-electron chi connectivity index (χ3n) is 7.18. The van der Waals surface area contributed by atoms with Crippen LogP contribution in [0.15, 0.2) is 53.7 Å². The van der Waals surface area contributed by atoms with Gasteiger partial charge >= 0.3 is 0 Å². The summed E-state index contributed by atoms with van der Waals surface area (Å²) in [6.07, 6.45) is 4.78. The van der Waals surface area contributed by atoms with Crippen LogP contribution in [0.3, 0.4) is 0 Å². The topological polar surface area (TPSA) is 62.1 Å². The van der Waals surface area contributed by atoms with Crippen molar-refractivity contribution in [2.24, 2.45) is 0 Å². The van der Waals surface area contributed by atoms with E-state index in [1.807, 2.05) is 6.92 Å². The molecule has 1 N–H and O–H groups in total.